The minimum absolute atomic E-state index is 0.739. The van der Waals surface area contributed by atoms with Crippen LogP contribution < -0.4 is 4.90 Å². The van der Waals surface area contributed by atoms with E-state index in [1.807, 2.05) is 19.5 Å². The van der Waals surface area contributed by atoms with Crippen LogP contribution >= 0.6 is 11.3 Å². The first-order chi connectivity index (χ1) is 5.29. The molecule has 1 aliphatic rings. The van der Waals surface area contributed by atoms with Gasteiger partial charge in [0.25, 0.3) is 0 Å². The Labute approximate surface area is 69.4 Å². The Kier molecular flexibility index (Phi) is 1.42. The maximum atomic E-state index is 4.34. The van der Waals surface area contributed by atoms with Gasteiger partial charge in [-0.25, -0.2) is 4.98 Å². The van der Waals surface area contributed by atoms with Crippen LogP contribution in [-0.4, -0.2) is 24.4 Å². The summed E-state index contributed by atoms with van der Waals surface area (Å²) in [6, 6.07) is 0. The third-order valence-corrected chi connectivity index (χ3v) is 2.68. The van der Waals surface area contributed by atoms with Gasteiger partial charge < -0.3 is 4.90 Å². The molecule has 3 nitrogen and oxygen atoms in total. The molecule has 0 aliphatic carbocycles. The van der Waals surface area contributed by atoms with Gasteiger partial charge in [0, 0.05) is 7.05 Å². The Morgan fingerprint density at radius 2 is 2.45 bits per heavy atom. The molecule has 0 radical (unpaired) electrons. The van der Waals surface area contributed by atoms with Gasteiger partial charge in [0.1, 0.15) is 12.5 Å². The van der Waals surface area contributed by atoms with Crippen LogP contribution in [-0.2, 0) is 0 Å². The molecule has 0 unspecified atom stereocenters. The number of anilines is 1. The van der Waals surface area contributed by atoms with E-state index in [4.69, 9.17) is 0 Å². The van der Waals surface area contributed by atoms with Gasteiger partial charge in [-0.1, -0.05) is 0 Å². The van der Waals surface area contributed by atoms with E-state index in [1.165, 1.54) is 4.88 Å². The summed E-state index contributed by atoms with van der Waals surface area (Å²) in [5, 5.41) is 0. The predicted octanol–water partition coefficient (Wildman–Crippen LogP) is 1.36. The Balaban J connectivity index is 2.55. The van der Waals surface area contributed by atoms with Gasteiger partial charge in [-0.05, 0) is 6.92 Å². The SMILES string of the molecule is CC1=NCN(C)c2ncsc21. The molecule has 2 heterocycles. The van der Waals surface area contributed by atoms with E-state index in [0.29, 0.717) is 0 Å². The van der Waals surface area contributed by atoms with Crippen LogP contribution in [0.15, 0.2) is 10.5 Å². The van der Waals surface area contributed by atoms with E-state index in [0.717, 1.165) is 18.2 Å². The van der Waals surface area contributed by atoms with Crippen molar-refractivity contribution in [2.75, 3.05) is 18.6 Å². The molecule has 11 heavy (non-hydrogen) atoms. The standard InChI is InChI=1S/C7H9N3S/c1-5-6-7(9-4-11-6)10(2)3-8-5/h4H,3H2,1-2H3. The van der Waals surface area contributed by atoms with Crippen LogP contribution in [0.5, 0.6) is 0 Å². The van der Waals surface area contributed by atoms with Crippen LogP contribution in [0.25, 0.3) is 0 Å². The lowest BCUT2D eigenvalue weighted by Gasteiger charge is -2.20. The van der Waals surface area contributed by atoms with E-state index in [2.05, 4.69) is 14.9 Å². The van der Waals surface area contributed by atoms with Crippen molar-refractivity contribution in [1.29, 1.82) is 0 Å². The van der Waals surface area contributed by atoms with Gasteiger partial charge in [-0.15, -0.1) is 11.3 Å². The minimum Gasteiger partial charge on any atom is -0.339 e. The van der Waals surface area contributed by atoms with Gasteiger partial charge in [0.05, 0.1) is 16.1 Å². The number of thiazole rings is 1. The molecule has 0 N–H and O–H groups in total. The molecule has 0 saturated carbocycles. The fourth-order valence-electron chi connectivity index (χ4n) is 1.11. The van der Waals surface area contributed by atoms with E-state index >= 15 is 0 Å². The zero-order valence-corrected chi connectivity index (χ0v) is 7.35. The largest absolute Gasteiger partial charge is 0.339 e. The number of hydrogen-bond acceptors (Lipinski definition) is 4. The van der Waals surface area contributed by atoms with Gasteiger partial charge in [-0.3, -0.25) is 4.99 Å². The molecule has 0 spiro atoms. The van der Waals surface area contributed by atoms with Crippen LogP contribution in [0.3, 0.4) is 0 Å². The van der Waals surface area contributed by atoms with Crippen molar-refractivity contribution in [2.45, 2.75) is 6.92 Å². The quantitative estimate of drug-likeness (QED) is 0.583. The first-order valence-electron chi connectivity index (χ1n) is 3.45. The number of fused-ring (bicyclic) bond motifs is 1. The minimum atomic E-state index is 0.739. The van der Waals surface area contributed by atoms with E-state index < -0.39 is 0 Å². The highest BCUT2D eigenvalue weighted by atomic mass is 32.1. The third kappa shape index (κ3) is 0.939. The van der Waals surface area contributed by atoms with Crippen molar-refractivity contribution in [3.8, 4) is 0 Å². The van der Waals surface area contributed by atoms with Crippen LogP contribution in [0.2, 0.25) is 0 Å². The highest BCUT2D eigenvalue weighted by molar-refractivity contribution is 7.12. The number of nitrogens with zero attached hydrogens (tertiary/aromatic N) is 3. The molecule has 0 fully saturated rings. The maximum absolute atomic E-state index is 4.34. The number of hydrogen-bond donors (Lipinski definition) is 0. The van der Waals surface area contributed by atoms with E-state index in [1.54, 1.807) is 11.3 Å². The Hall–Kier alpha value is -0.900. The van der Waals surface area contributed by atoms with Crippen LogP contribution in [0.1, 0.15) is 11.8 Å². The summed E-state index contributed by atoms with van der Waals surface area (Å²) in [6.07, 6.45) is 0. The molecule has 4 heteroatoms. The third-order valence-electron chi connectivity index (χ3n) is 1.76. The lowest BCUT2D eigenvalue weighted by Crippen LogP contribution is -2.23. The van der Waals surface area contributed by atoms with Crippen molar-refractivity contribution in [2.24, 2.45) is 4.99 Å². The maximum Gasteiger partial charge on any atom is 0.150 e. The fourth-order valence-corrected chi connectivity index (χ4v) is 1.92. The number of rotatable bonds is 0. The molecule has 2 rings (SSSR count). The predicted molar refractivity (Wildman–Crippen MR) is 47.6 cm³/mol. The summed E-state index contributed by atoms with van der Waals surface area (Å²) >= 11 is 1.65. The Bertz CT molecular complexity index is 302. The van der Waals surface area contributed by atoms with Crippen LogP contribution in [0, 0.1) is 0 Å². The molecule has 0 bridgehead atoms. The Morgan fingerprint density at radius 1 is 1.64 bits per heavy atom. The van der Waals surface area contributed by atoms with Crippen molar-refractivity contribution >= 4 is 22.9 Å². The highest BCUT2D eigenvalue weighted by Crippen LogP contribution is 2.25. The average Bonchev–Trinajstić information content (AvgIpc) is 2.45. The second-order valence-electron chi connectivity index (χ2n) is 2.59. The zero-order chi connectivity index (χ0) is 7.84. The molecule has 0 saturated heterocycles. The fraction of sp³-hybridized carbons (Fsp3) is 0.429. The molecule has 1 aromatic rings. The highest BCUT2D eigenvalue weighted by Gasteiger charge is 2.16. The summed E-state index contributed by atoms with van der Waals surface area (Å²) in [7, 11) is 2.01. The smallest absolute Gasteiger partial charge is 0.150 e. The topological polar surface area (TPSA) is 28.5 Å². The number of aliphatic imine (C=N–C) groups is 1. The molecular weight excluding hydrogens is 158 g/mol. The van der Waals surface area contributed by atoms with E-state index in [9.17, 15) is 0 Å². The van der Waals surface area contributed by atoms with Crippen molar-refractivity contribution in [3.63, 3.8) is 0 Å². The second kappa shape index (κ2) is 2.30. The lowest BCUT2D eigenvalue weighted by atomic mass is 10.3. The normalized spacial score (nSPS) is 16.2. The molecule has 0 amide bonds. The summed E-state index contributed by atoms with van der Waals surface area (Å²) in [4.78, 5) is 11.9. The molecular formula is C7H9N3S. The van der Waals surface area contributed by atoms with Crippen LogP contribution in [0.4, 0.5) is 5.82 Å². The molecule has 0 aromatic carbocycles. The van der Waals surface area contributed by atoms with Gasteiger partial charge >= 0.3 is 0 Å². The monoisotopic (exact) mass is 167 g/mol. The summed E-state index contributed by atoms with van der Waals surface area (Å²) in [6.45, 7) is 2.77. The average molecular weight is 167 g/mol. The first-order valence-corrected chi connectivity index (χ1v) is 4.33. The summed E-state index contributed by atoms with van der Waals surface area (Å²) in [5.41, 5.74) is 2.98. The molecule has 1 aliphatic heterocycles. The van der Waals surface area contributed by atoms with Crippen molar-refractivity contribution in [1.82, 2.24) is 4.98 Å². The number of aromatic nitrogens is 1. The van der Waals surface area contributed by atoms with E-state index in [-0.39, 0.29) is 0 Å². The van der Waals surface area contributed by atoms with Crippen molar-refractivity contribution in [3.05, 3.63) is 10.4 Å². The van der Waals surface area contributed by atoms with Gasteiger partial charge in [0.15, 0.2) is 0 Å². The molecule has 58 valence electrons. The Morgan fingerprint density at radius 3 is 3.18 bits per heavy atom. The second-order valence-corrected chi connectivity index (χ2v) is 3.44. The lowest BCUT2D eigenvalue weighted by molar-refractivity contribution is 0.899. The van der Waals surface area contributed by atoms with Gasteiger partial charge in [-0.2, -0.15) is 0 Å². The summed E-state index contributed by atoms with van der Waals surface area (Å²) < 4.78 is 0. The van der Waals surface area contributed by atoms with Crippen molar-refractivity contribution < 1.29 is 0 Å². The molecule has 0 atom stereocenters. The first kappa shape index (κ1) is 6.79. The molecule has 1 aromatic heterocycles. The van der Waals surface area contributed by atoms with Gasteiger partial charge in [0.2, 0.25) is 0 Å². The summed E-state index contributed by atoms with van der Waals surface area (Å²) in [5.74, 6) is 1.07. The zero-order valence-electron chi connectivity index (χ0n) is 6.53.